The molecular formula is C13H16N2O5. The van der Waals surface area contributed by atoms with Crippen LogP contribution in [0.2, 0.25) is 0 Å². The first-order valence-corrected chi connectivity index (χ1v) is 6.21. The van der Waals surface area contributed by atoms with Crippen LogP contribution in [0, 0.1) is 0 Å². The fraction of sp³-hybridized carbons (Fsp3) is 0.462. The number of pyridine rings is 1. The number of aromatic nitrogens is 1. The Morgan fingerprint density at radius 2 is 2.30 bits per heavy atom. The van der Waals surface area contributed by atoms with Crippen LogP contribution in [-0.2, 0) is 9.53 Å². The molecule has 0 bridgehead atoms. The molecule has 7 nitrogen and oxygen atoms in total. The monoisotopic (exact) mass is 280 g/mol. The van der Waals surface area contributed by atoms with Crippen molar-refractivity contribution in [1.29, 1.82) is 0 Å². The van der Waals surface area contributed by atoms with Gasteiger partial charge in [0.2, 0.25) is 0 Å². The van der Waals surface area contributed by atoms with Crippen LogP contribution in [0.3, 0.4) is 0 Å². The highest BCUT2D eigenvalue weighted by Crippen LogP contribution is 2.32. The number of carbonyl (C=O) groups excluding carboxylic acids is 1. The smallest absolute Gasteiger partial charge is 0.332 e. The molecule has 1 amide bonds. The van der Waals surface area contributed by atoms with E-state index < -0.39 is 17.4 Å². The third-order valence-corrected chi connectivity index (χ3v) is 3.50. The molecule has 2 N–H and O–H groups in total. The van der Waals surface area contributed by atoms with Gasteiger partial charge in [-0.2, -0.15) is 0 Å². The maximum atomic E-state index is 12.4. The first-order chi connectivity index (χ1) is 9.53. The van der Waals surface area contributed by atoms with Crippen molar-refractivity contribution >= 4 is 11.9 Å². The Morgan fingerprint density at radius 3 is 2.90 bits per heavy atom. The zero-order valence-electron chi connectivity index (χ0n) is 11.1. The standard InChI is InChI=1S/C13H16N2O5/c1-20-8-13(12(18)19)5-3-7-15(13)11(17)10-9(16)4-2-6-14-10/h2,4,6,16H,3,5,7-8H2,1H3,(H,18,19). The summed E-state index contributed by atoms with van der Waals surface area (Å²) < 4.78 is 4.98. The highest BCUT2D eigenvalue weighted by molar-refractivity contribution is 5.98. The van der Waals surface area contributed by atoms with Gasteiger partial charge in [0, 0.05) is 19.9 Å². The number of nitrogens with zero attached hydrogens (tertiary/aromatic N) is 2. The molecule has 0 spiro atoms. The van der Waals surface area contributed by atoms with E-state index in [-0.39, 0.29) is 18.1 Å². The average molecular weight is 280 g/mol. The fourth-order valence-electron chi connectivity index (χ4n) is 2.54. The molecule has 1 saturated heterocycles. The second-order valence-corrected chi connectivity index (χ2v) is 4.70. The van der Waals surface area contributed by atoms with Crippen molar-refractivity contribution in [3.63, 3.8) is 0 Å². The fourth-order valence-corrected chi connectivity index (χ4v) is 2.54. The number of methoxy groups -OCH3 is 1. The molecule has 1 aliphatic rings. The first kappa shape index (κ1) is 14.3. The molecule has 0 aromatic carbocycles. The molecule has 0 saturated carbocycles. The number of amides is 1. The van der Waals surface area contributed by atoms with Crippen molar-refractivity contribution in [3.05, 3.63) is 24.0 Å². The molecule has 1 unspecified atom stereocenters. The molecule has 2 heterocycles. The second-order valence-electron chi connectivity index (χ2n) is 4.70. The van der Waals surface area contributed by atoms with E-state index in [2.05, 4.69) is 4.98 Å². The van der Waals surface area contributed by atoms with Gasteiger partial charge in [-0.25, -0.2) is 9.78 Å². The van der Waals surface area contributed by atoms with Crippen molar-refractivity contribution in [3.8, 4) is 5.75 Å². The van der Waals surface area contributed by atoms with Gasteiger partial charge in [0.15, 0.2) is 11.2 Å². The molecule has 1 atom stereocenters. The third-order valence-electron chi connectivity index (χ3n) is 3.50. The Kier molecular flexibility index (Phi) is 3.89. The average Bonchev–Trinajstić information content (AvgIpc) is 2.84. The van der Waals surface area contributed by atoms with Gasteiger partial charge in [-0.05, 0) is 25.0 Å². The van der Waals surface area contributed by atoms with Crippen LogP contribution in [0.5, 0.6) is 5.75 Å². The molecule has 2 rings (SSSR count). The van der Waals surface area contributed by atoms with Gasteiger partial charge in [0.25, 0.3) is 5.91 Å². The van der Waals surface area contributed by atoms with Gasteiger partial charge < -0.3 is 19.8 Å². The van der Waals surface area contributed by atoms with Gasteiger partial charge in [-0.3, -0.25) is 4.79 Å². The highest BCUT2D eigenvalue weighted by atomic mass is 16.5. The van der Waals surface area contributed by atoms with Crippen LogP contribution in [0.25, 0.3) is 0 Å². The molecule has 1 aromatic heterocycles. The Morgan fingerprint density at radius 1 is 1.55 bits per heavy atom. The number of aliphatic carboxylic acids is 1. The van der Waals surface area contributed by atoms with Crippen molar-refractivity contribution in [2.75, 3.05) is 20.3 Å². The quantitative estimate of drug-likeness (QED) is 0.832. The molecule has 1 aromatic rings. The summed E-state index contributed by atoms with van der Waals surface area (Å²) in [7, 11) is 1.39. The summed E-state index contributed by atoms with van der Waals surface area (Å²) in [6.45, 7) is 0.201. The van der Waals surface area contributed by atoms with Crippen LogP contribution in [0.15, 0.2) is 18.3 Å². The number of hydrogen-bond donors (Lipinski definition) is 2. The lowest BCUT2D eigenvalue weighted by Crippen LogP contribution is -2.56. The molecular weight excluding hydrogens is 264 g/mol. The minimum Gasteiger partial charge on any atom is -0.505 e. The van der Waals surface area contributed by atoms with Crippen molar-refractivity contribution in [2.45, 2.75) is 18.4 Å². The topological polar surface area (TPSA) is 100.0 Å². The van der Waals surface area contributed by atoms with Crippen molar-refractivity contribution in [2.24, 2.45) is 0 Å². The van der Waals surface area contributed by atoms with E-state index in [9.17, 15) is 19.8 Å². The molecule has 0 radical (unpaired) electrons. The number of carbonyl (C=O) groups is 2. The largest absolute Gasteiger partial charge is 0.505 e. The summed E-state index contributed by atoms with van der Waals surface area (Å²) in [5, 5.41) is 19.2. The van der Waals surface area contributed by atoms with Crippen molar-refractivity contribution < 1.29 is 24.5 Å². The summed E-state index contributed by atoms with van der Waals surface area (Å²) in [5.41, 5.74) is -1.54. The highest BCUT2D eigenvalue weighted by Gasteiger charge is 2.50. The van der Waals surface area contributed by atoms with Crippen molar-refractivity contribution in [1.82, 2.24) is 9.88 Å². The Hall–Kier alpha value is -2.15. The number of ether oxygens (including phenoxy) is 1. The zero-order chi connectivity index (χ0) is 14.8. The summed E-state index contributed by atoms with van der Waals surface area (Å²) in [5.74, 6) is -1.97. The van der Waals surface area contributed by atoms with E-state index in [1.807, 2.05) is 0 Å². The van der Waals surface area contributed by atoms with Crippen LogP contribution in [-0.4, -0.2) is 57.8 Å². The van der Waals surface area contributed by atoms with E-state index in [1.54, 1.807) is 0 Å². The Labute approximate surface area is 115 Å². The first-order valence-electron chi connectivity index (χ1n) is 6.21. The van der Waals surface area contributed by atoms with E-state index in [0.29, 0.717) is 19.4 Å². The molecule has 108 valence electrons. The lowest BCUT2D eigenvalue weighted by Gasteiger charge is -2.33. The van der Waals surface area contributed by atoms with Crippen LogP contribution in [0.4, 0.5) is 0 Å². The van der Waals surface area contributed by atoms with Crippen LogP contribution in [0.1, 0.15) is 23.3 Å². The van der Waals surface area contributed by atoms with Crippen LogP contribution >= 0.6 is 0 Å². The van der Waals surface area contributed by atoms with Gasteiger partial charge in [0.1, 0.15) is 5.75 Å². The summed E-state index contributed by atoms with van der Waals surface area (Å²) in [6.07, 6.45) is 2.26. The van der Waals surface area contributed by atoms with E-state index in [1.165, 1.54) is 30.3 Å². The number of carboxylic acid groups (broad SMARTS) is 1. The molecule has 7 heteroatoms. The van der Waals surface area contributed by atoms with Crippen LogP contribution < -0.4 is 0 Å². The maximum Gasteiger partial charge on any atom is 0.332 e. The predicted octanol–water partition coefficient (Wildman–Crippen LogP) is 0.493. The summed E-state index contributed by atoms with van der Waals surface area (Å²) in [4.78, 5) is 29.1. The normalized spacial score (nSPS) is 21.9. The minimum absolute atomic E-state index is 0.0956. The number of hydrogen-bond acceptors (Lipinski definition) is 5. The molecule has 20 heavy (non-hydrogen) atoms. The lowest BCUT2D eigenvalue weighted by atomic mass is 9.97. The SMILES string of the molecule is COCC1(C(=O)O)CCCN1C(=O)c1ncccc1O. The Balaban J connectivity index is 2.38. The number of aromatic hydroxyl groups is 1. The third kappa shape index (κ3) is 2.20. The summed E-state index contributed by atoms with van der Waals surface area (Å²) in [6, 6.07) is 2.84. The number of carboxylic acids is 1. The maximum absolute atomic E-state index is 12.4. The zero-order valence-corrected chi connectivity index (χ0v) is 11.1. The van der Waals surface area contributed by atoms with Gasteiger partial charge in [0.05, 0.1) is 6.61 Å². The lowest BCUT2D eigenvalue weighted by molar-refractivity contribution is -0.151. The second kappa shape index (κ2) is 5.46. The molecule has 1 fully saturated rings. The van der Waals surface area contributed by atoms with Gasteiger partial charge in [-0.1, -0.05) is 0 Å². The van der Waals surface area contributed by atoms with E-state index in [4.69, 9.17) is 4.74 Å². The van der Waals surface area contributed by atoms with E-state index >= 15 is 0 Å². The van der Waals surface area contributed by atoms with Gasteiger partial charge >= 0.3 is 5.97 Å². The number of rotatable bonds is 4. The Bertz CT molecular complexity index is 533. The number of likely N-dealkylation sites (tertiary alicyclic amines) is 1. The minimum atomic E-state index is -1.39. The summed E-state index contributed by atoms with van der Waals surface area (Å²) >= 11 is 0. The predicted molar refractivity (Wildman–Crippen MR) is 68.4 cm³/mol. The van der Waals surface area contributed by atoms with Gasteiger partial charge in [-0.15, -0.1) is 0 Å². The molecule has 1 aliphatic heterocycles. The molecule has 0 aliphatic carbocycles. The van der Waals surface area contributed by atoms with E-state index in [0.717, 1.165) is 0 Å².